The molecule has 6 heteroatoms. The first-order valence-corrected chi connectivity index (χ1v) is 12.0. The molecule has 0 atom stereocenters. The third-order valence-electron chi connectivity index (χ3n) is 5.97. The molecule has 0 amide bonds. The summed E-state index contributed by atoms with van der Waals surface area (Å²) in [5.74, 6) is 0.759. The van der Waals surface area contributed by atoms with Crippen LogP contribution in [0.25, 0.3) is 28.2 Å². The summed E-state index contributed by atoms with van der Waals surface area (Å²) in [6.07, 6.45) is 0. The molecule has 4 aromatic carbocycles. The highest BCUT2D eigenvalue weighted by atomic mass is 32.2. The van der Waals surface area contributed by atoms with E-state index in [2.05, 4.69) is 34.6 Å². The maximum Gasteiger partial charge on any atom is 0.353 e. The molecule has 1 aromatic heterocycles. The van der Waals surface area contributed by atoms with E-state index in [9.17, 15) is 4.79 Å². The fraction of sp³-hybridized carbons (Fsp3) is 0.0345. The normalized spacial score (nSPS) is 11.8. The average molecular weight is 476 g/mol. The van der Waals surface area contributed by atoms with Gasteiger partial charge in [0.25, 0.3) is 0 Å². The monoisotopic (exact) mass is 475 g/mol. The molecule has 1 aliphatic heterocycles. The van der Waals surface area contributed by atoms with E-state index >= 15 is 0 Å². The molecule has 0 saturated heterocycles. The maximum absolute atomic E-state index is 13.4. The van der Waals surface area contributed by atoms with Crippen LogP contribution in [-0.4, -0.2) is 16.7 Å². The average Bonchev–Trinajstić information content (AvgIpc) is 2.91. The third-order valence-corrected chi connectivity index (χ3v) is 7.13. The first kappa shape index (κ1) is 21.3. The second-order valence-electron chi connectivity index (χ2n) is 8.14. The summed E-state index contributed by atoms with van der Waals surface area (Å²) in [4.78, 5) is 20.2. The van der Waals surface area contributed by atoms with Crippen LogP contribution in [0.15, 0.2) is 118 Å². The number of rotatable bonds is 4. The highest BCUT2D eigenvalue weighted by molar-refractivity contribution is 7.99. The number of hydrogen-bond donors (Lipinski definition) is 1. The van der Waals surface area contributed by atoms with Gasteiger partial charge in [-0.1, -0.05) is 48.2 Å². The van der Waals surface area contributed by atoms with Crippen molar-refractivity contribution in [3.63, 3.8) is 0 Å². The van der Waals surface area contributed by atoms with Crippen LogP contribution in [0.4, 0.5) is 11.4 Å². The lowest BCUT2D eigenvalue weighted by atomic mass is 10.1. The van der Waals surface area contributed by atoms with E-state index in [1.54, 1.807) is 23.4 Å². The van der Waals surface area contributed by atoms with Crippen LogP contribution in [0.2, 0.25) is 0 Å². The number of anilines is 2. The first-order valence-electron chi connectivity index (χ1n) is 11.2. The topological polar surface area (TPSA) is 56.1 Å². The van der Waals surface area contributed by atoms with Gasteiger partial charge in [-0.25, -0.2) is 4.79 Å². The van der Waals surface area contributed by atoms with Crippen LogP contribution >= 0.6 is 11.8 Å². The smallest absolute Gasteiger partial charge is 0.353 e. The molecule has 35 heavy (non-hydrogen) atoms. The van der Waals surface area contributed by atoms with Gasteiger partial charge in [0.15, 0.2) is 0 Å². The zero-order valence-corrected chi connectivity index (χ0v) is 19.8. The van der Waals surface area contributed by atoms with Crippen LogP contribution in [0, 0.1) is 0 Å². The standard InChI is InChI=1S/C29H21N3O2S/c1-34-22-14-11-19(12-15-22)26-18-24(31-29(33)32(26)21-7-3-2-4-8-21)20-13-16-28-25(17-20)30-23-9-5-6-10-27(23)35-28/h2-18,30H,1H3. The van der Waals surface area contributed by atoms with Crippen molar-refractivity contribution in [2.45, 2.75) is 9.79 Å². The van der Waals surface area contributed by atoms with Crippen molar-refractivity contribution in [3.8, 4) is 34.0 Å². The van der Waals surface area contributed by atoms with E-state index in [1.165, 1.54) is 4.90 Å². The molecule has 6 rings (SSSR count). The van der Waals surface area contributed by atoms with E-state index in [1.807, 2.05) is 78.9 Å². The SMILES string of the molecule is COc1ccc(-c2cc(-c3ccc4c(c3)Nc3ccccc3S4)nc(=O)n2-c2ccccc2)cc1. The van der Waals surface area contributed by atoms with Gasteiger partial charge in [0.2, 0.25) is 0 Å². The Bertz CT molecular complexity index is 1600. The number of hydrogen-bond acceptors (Lipinski definition) is 5. The fourth-order valence-corrected chi connectivity index (χ4v) is 5.20. The van der Waals surface area contributed by atoms with Gasteiger partial charge in [-0.05, 0) is 72.3 Å². The molecule has 2 heterocycles. The molecule has 5 nitrogen and oxygen atoms in total. The summed E-state index contributed by atoms with van der Waals surface area (Å²) in [7, 11) is 1.64. The molecule has 170 valence electrons. The molecule has 1 aliphatic rings. The second-order valence-corrected chi connectivity index (χ2v) is 9.23. The van der Waals surface area contributed by atoms with Gasteiger partial charge in [-0.2, -0.15) is 4.98 Å². The van der Waals surface area contributed by atoms with Crippen molar-refractivity contribution >= 4 is 23.1 Å². The van der Waals surface area contributed by atoms with Crippen LogP contribution < -0.4 is 15.7 Å². The minimum atomic E-state index is -0.329. The van der Waals surface area contributed by atoms with Crippen LogP contribution in [0.5, 0.6) is 5.75 Å². The third kappa shape index (κ3) is 3.98. The number of para-hydroxylation sites is 2. The molecule has 0 spiro atoms. The van der Waals surface area contributed by atoms with Crippen LogP contribution in [0.3, 0.4) is 0 Å². The van der Waals surface area contributed by atoms with E-state index in [4.69, 9.17) is 4.74 Å². The van der Waals surface area contributed by atoms with Gasteiger partial charge in [0, 0.05) is 15.4 Å². The van der Waals surface area contributed by atoms with Crippen molar-refractivity contribution in [1.82, 2.24) is 9.55 Å². The quantitative estimate of drug-likeness (QED) is 0.304. The Morgan fingerprint density at radius 2 is 1.49 bits per heavy atom. The number of methoxy groups -OCH3 is 1. The number of nitrogens with one attached hydrogen (secondary N) is 1. The zero-order valence-electron chi connectivity index (χ0n) is 18.9. The molecule has 0 radical (unpaired) electrons. The summed E-state index contributed by atoms with van der Waals surface area (Å²) < 4.78 is 6.97. The molecule has 0 fully saturated rings. The van der Waals surface area contributed by atoms with Gasteiger partial charge in [-0.3, -0.25) is 4.57 Å². The first-order chi connectivity index (χ1) is 17.2. The lowest BCUT2D eigenvalue weighted by molar-refractivity contribution is 0.415. The van der Waals surface area contributed by atoms with Gasteiger partial charge >= 0.3 is 5.69 Å². The Kier molecular flexibility index (Phi) is 5.35. The fourth-order valence-electron chi connectivity index (χ4n) is 4.23. The highest BCUT2D eigenvalue weighted by Crippen LogP contribution is 2.45. The number of aromatic nitrogens is 2. The Balaban J connectivity index is 1.49. The predicted octanol–water partition coefficient (Wildman–Crippen LogP) is 6.78. The lowest BCUT2D eigenvalue weighted by Gasteiger charge is -2.21. The number of benzene rings is 4. The Morgan fingerprint density at radius 1 is 0.771 bits per heavy atom. The molecule has 5 aromatic rings. The molecule has 0 aliphatic carbocycles. The van der Waals surface area contributed by atoms with Crippen LogP contribution in [-0.2, 0) is 0 Å². The summed E-state index contributed by atoms with van der Waals surface area (Å²) >= 11 is 1.73. The lowest BCUT2D eigenvalue weighted by Crippen LogP contribution is -2.23. The van der Waals surface area contributed by atoms with Crippen molar-refractivity contribution in [3.05, 3.63) is 114 Å². The molecule has 0 bridgehead atoms. The zero-order chi connectivity index (χ0) is 23.8. The Hall–Kier alpha value is -4.29. The van der Waals surface area contributed by atoms with Crippen molar-refractivity contribution in [2.75, 3.05) is 12.4 Å². The van der Waals surface area contributed by atoms with E-state index in [0.717, 1.165) is 44.5 Å². The molecule has 0 unspecified atom stereocenters. The molecule has 0 saturated carbocycles. The summed E-state index contributed by atoms with van der Waals surface area (Å²) in [6, 6.07) is 33.7. The van der Waals surface area contributed by atoms with Gasteiger partial charge in [0.05, 0.1) is 35.6 Å². The number of nitrogens with zero attached hydrogens (tertiary/aromatic N) is 2. The van der Waals surface area contributed by atoms with Gasteiger partial charge < -0.3 is 10.1 Å². The van der Waals surface area contributed by atoms with Crippen molar-refractivity contribution in [1.29, 1.82) is 0 Å². The predicted molar refractivity (Wildman–Crippen MR) is 141 cm³/mol. The van der Waals surface area contributed by atoms with E-state index < -0.39 is 0 Å². The second kappa shape index (κ2) is 8.81. The van der Waals surface area contributed by atoms with Gasteiger partial charge in [0.1, 0.15) is 5.75 Å². The minimum absolute atomic E-state index is 0.329. The number of ether oxygens (including phenoxy) is 1. The van der Waals surface area contributed by atoms with Crippen molar-refractivity contribution in [2.24, 2.45) is 0 Å². The van der Waals surface area contributed by atoms with E-state index in [-0.39, 0.29) is 5.69 Å². The highest BCUT2D eigenvalue weighted by Gasteiger charge is 2.18. The van der Waals surface area contributed by atoms with Crippen molar-refractivity contribution < 1.29 is 4.74 Å². The molecular formula is C29H21N3O2S. The molecule has 1 N–H and O–H groups in total. The maximum atomic E-state index is 13.4. The Morgan fingerprint density at radius 3 is 2.29 bits per heavy atom. The van der Waals surface area contributed by atoms with Crippen LogP contribution in [0.1, 0.15) is 0 Å². The molecular weight excluding hydrogens is 454 g/mol. The largest absolute Gasteiger partial charge is 0.497 e. The summed E-state index contributed by atoms with van der Waals surface area (Å²) in [5.41, 5.74) is 5.69. The van der Waals surface area contributed by atoms with Gasteiger partial charge in [-0.15, -0.1) is 0 Å². The summed E-state index contributed by atoms with van der Waals surface area (Å²) in [6.45, 7) is 0. The minimum Gasteiger partial charge on any atom is -0.497 e. The Labute approximate surface area is 207 Å². The summed E-state index contributed by atoms with van der Waals surface area (Å²) in [5, 5.41) is 3.52. The van der Waals surface area contributed by atoms with E-state index in [0.29, 0.717) is 5.69 Å². The number of fused-ring (bicyclic) bond motifs is 2.